The second-order valence-corrected chi connectivity index (χ2v) is 4.59. The van der Waals surface area contributed by atoms with E-state index in [1.54, 1.807) is 6.20 Å². The molecule has 2 aromatic rings. The molecule has 15 heavy (non-hydrogen) atoms. The van der Waals surface area contributed by atoms with Crippen LogP contribution < -0.4 is 0 Å². The third kappa shape index (κ3) is 1.93. The van der Waals surface area contributed by atoms with Gasteiger partial charge in [-0.1, -0.05) is 0 Å². The molecule has 0 radical (unpaired) electrons. The zero-order chi connectivity index (χ0) is 10.8. The Morgan fingerprint density at radius 2 is 2.27 bits per heavy atom. The van der Waals surface area contributed by atoms with Crippen LogP contribution in [0.1, 0.15) is 10.4 Å². The highest BCUT2D eigenvalue weighted by molar-refractivity contribution is 9.10. The minimum absolute atomic E-state index is 0.271. The van der Waals surface area contributed by atoms with E-state index in [1.165, 1.54) is 23.6 Å². The first-order valence-corrected chi connectivity index (χ1v) is 5.78. The van der Waals surface area contributed by atoms with Crippen molar-refractivity contribution in [3.05, 3.63) is 39.9 Å². The number of carbonyl (C=O) groups is 1. The minimum atomic E-state index is -0.937. The molecule has 76 valence electrons. The lowest BCUT2D eigenvalue weighted by atomic mass is 10.1. The Bertz CT molecular complexity index is 510. The van der Waals surface area contributed by atoms with Gasteiger partial charge in [0, 0.05) is 22.4 Å². The highest BCUT2D eigenvalue weighted by Gasteiger charge is 2.14. The number of aromatic nitrogens is 1. The van der Waals surface area contributed by atoms with Crippen LogP contribution in [0, 0.1) is 0 Å². The normalized spacial score (nSPS) is 10.2. The molecule has 5 heteroatoms. The summed E-state index contributed by atoms with van der Waals surface area (Å²) in [5.74, 6) is -0.937. The Morgan fingerprint density at radius 1 is 1.47 bits per heavy atom. The van der Waals surface area contributed by atoms with E-state index in [4.69, 9.17) is 5.11 Å². The van der Waals surface area contributed by atoms with E-state index in [1.807, 2.05) is 11.4 Å². The lowest BCUT2D eigenvalue weighted by molar-refractivity contribution is 0.0697. The molecule has 0 aromatic carbocycles. The third-order valence-electron chi connectivity index (χ3n) is 1.91. The average Bonchev–Trinajstić information content (AvgIpc) is 2.64. The second-order valence-electron chi connectivity index (χ2n) is 2.82. The number of carboxylic acid groups (broad SMARTS) is 1. The molecule has 0 aliphatic heterocycles. The molecule has 0 amide bonds. The van der Waals surface area contributed by atoms with E-state index in [0.29, 0.717) is 5.56 Å². The van der Waals surface area contributed by atoms with Crippen LogP contribution in [0.15, 0.2) is 34.4 Å². The number of pyridine rings is 1. The van der Waals surface area contributed by atoms with Gasteiger partial charge in [-0.3, -0.25) is 4.98 Å². The van der Waals surface area contributed by atoms with Crippen LogP contribution >= 0.6 is 27.3 Å². The summed E-state index contributed by atoms with van der Waals surface area (Å²) in [6, 6.07) is 3.39. The Morgan fingerprint density at radius 3 is 2.87 bits per heavy atom. The predicted molar refractivity (Wildman–Crippen MR) is 62.2 cm³/mol. The molecule has 0 atom stereocenters. The largest absolute Gasteiger partial charge is 0.478 e. The van der Waals surface area contributed by atoms with Crippen LogP contribution in [0.25, 0.3) is 10.4 Å². The van der Waals surface area contributed by atoms with Crippen molar-refractivity contribution in [1.29, 1.82) is 0 Å². The van der Waals surface area contributed by atoms with E-state index in [-0.39, 0.29) is 5.56 Å². The molecule has 0 unspecified atom stereocenters. The van der Waals surface area contributed by atoms with Gasteiger partial charge >= 0.3 is 5.97 Å². The van der Waals surface area contributed by atoms with E-state index < -0.39 is 5.97 Å². The fourth-order valence-electron chi connectivity index (χ4n) is 1.25. The van der Waals surface area contributed by atoms with Crippen LogP contribution in [0.2, 0.25) is 0 Å². The maximum Gasteiger partial charge on any atom is 0.336 e. The maximum absolute atomic E-state index is 11.0. The van der Waals surface area contributed by atoms with Crippen molar-refractivity contribution in [1.82, 2.24) is 4.98 Å². The molecule has 0 saturated carbocycles. The molecular formula is C10H6BrNO2S. The number of thiophene rings is 1. The first-order valence-electron chi connectivity index (χ1n) is 4.11. The predicted octanol–water partition coefficient (Wildman–Crippen LogP) is 3.27. The Balaban J connectivity index is 2.63. The number of halogens is 1. The van der Waals surface area contributed by atoms with Gasteiger partial charge in [-0.2, -0.15) is 0 Å². The highest BCUT2D eigenvalue weighted by Crippen LogP contribution is 2.34. The van der Waals surface area contributed by atoms with E-state index >= 15 is 0 Å². The van der Waals surface area contributed by atoms with Crippen molar-refractivity contribution >= 4 is 33.2 Å². The van der Waals surface area contributed by atoms with Crippen molar-refractivity contribution in [2.45, 2.75) is 0 Å². The fourth-order valence-corrected chi connectivity index (χ4v) is 2.86. The monoisotopic (exact) mass is 283 g/mol. The second kappa shape index (κ2) is 4.12. The standard InChI is InChI=1S/C10H6BrNO2S/c11-8-2-4-15-9(8)7-5-12-3-1-6(7)10(13)14/h1-5H,(H,13,14). The molecule has 0 saturated heterocycles. The molecule has 2 heterocycles. The first kappa shape index (κ1) is 10.3. The van der Waals surface area contributed by atoms with E-state index in [0.717, 1.165) is 9.35 Å². The van der Waals surface area contributed by atoms with Gasteiger partial charge in [-0.05, 0) is 33.4 Å². The number of aromatic carboxylic acids is 1. The number of hydrogen-bond acceptors (Lipinski definition) is 3. The van der Waals surface area contributed by atoms with Gasteiger partial charge in [0.1, 0.15) is 0 Å². The Hall–Kier alpha value is -1.20. The third-order valence-corrected chi connectivity index (χ3v) is 3.78. The summed E-state index contributed by atoms with van der Waals surface area (Å²) in [4.78, 5) is 15.8. The lowest BCUT2D eigenvalue weighted by Gasteiger charge is -2.02. The van der Waals surface area contributed by atoms with Gasteiger partial charge in [0.05, 0.1) is 10.4 Å². The summed E-state index contributed by atoms with van der Waals surface area (Å²) in [5, 5.41) is 10.9. The quantitative estimate of drug-likeness (QED) is 0.920. The van der Waals surface area contributed by atoms with Crippen molar-refractivity contribution in [2.24, 2.45) is 0 Å². The zero-order valence-electron chi connectivity index (χ0n) is 7.48. The number of carboxylic acids is 1. The Labute approximate surface area is 98.5 Å². The lowest BCUT2D eigenvalue weighted by Crippen LogP contribution is -1.99. The van der Waals surface area contributed by atoms with Gasteiger partial charge in [0.2, 0.25) is 0 Å². The maximum atomic E-state index is 11.0. The fraction of sp³-hybridized carbons (Fsp3) is 0. The summed E-state index contributed by atoms with van der Waals surface area (Å²) < 4.78 is 0.892. The van der Waals surface area contributed by atoms with Gasteiger partial charge in [0.25, 0.3) is 0 Å². The van der Waals surface area contributed by atoms with Crippen molar-refractivity contribution in [3.8, 4) is 10.4 Å². The van der Waals surface area contributed by atoms with Gasteiger partial charge in [0.15, 0.2) is 0 Å². The molecule has 1 N–H and O–H groups in total. The van der Waals surface area contributed by atoms with Crippen molar-refractivity contribution in [3.63, 3.8) is 0 Å². The first-order chi connectivity index (χ1) is 7.20. The number of nitrogens with zero attached hydrogens (tertiary/aromatic N) is 1. The minimum Gasteiger partial charge on any atom is -0.478 e. The molecule has 0 aliphatic rings. The smallest absolute Gasteiger partial charge is 0.336 e. The molecule has 2 rings (SSSR count). The van der Waals surface area contributed by atoms with Gasteiger partial charge < -0.3 is 5.11 Å². The van der Waals surface area contributed by atoms with Crippen LogP contribution in [0.3, 0.4) is 0 Å². The molecular weight excluding hydrogens is 278 g/mol. The number of rotatable bonds is 2. The highest BCUT2D eigenvalue weighted by atomic mass is 79.9. The molecule has 0 fully saturated rings. The molecule has 3 nitrogen and oxygen atoms in total. The summed E-state index contributed by atoms with van der Waals surface area (Å²) in [5.41, 5.74) is 0.917. The van der Waals surface area contributed by atoms with E-state index in [9.17, 15) is 4.79 Å². The van der Waals surface area contributed by atoms with Crippen LogP contribution in [-0.4, -0.2) is 16.1 Å². The van der Waals surface area contributed by atoms with Crippen molar-refractivity contribution in [2.75, 3.05) is 0 Å². The SMILES string of the molecule is O=C(O)c1ccncc1-c1sccc1Br. The summed E-state index contributed by atoms with van der Waals surface area (Å²) in [6.45, 7) is 0. The van der Waals surface area contributed by atoms with Crippen LogP contribution in [0.5, 0.6) is 0 Å². The summed E-state index contributed by atoms with van der Waals surface area (Å²) in [6.07, 6.45) is 3.05. The molecule has 0 aliphatic carbocycles. The molecule has 2 aromatic heterocycles. The summed E-state index contributed by atoms with van der Waals surface area (Å²) in [7, 11) is 0. The van der Waals surface area contributed by atoms with Crippen LogP contribution in [0.4, 0.5) is 0 Å². The van der Waals surface area contributed by atoms with Gasteiger partial charge in [-0.15, -0.1) is 11.3 Å². The van der Waals surface area contributed by atoms with Gasteiger partial charge in [-0.25, -0.2) is 4.79 Å². The molecule has 0 bridgehead atoms. The Kier molecular flexibility index (Phi) is 2.83. The van der Waals surface area contributed by atoms with Crippen molar-refractivity contribution < 1.29 is 9.90 Å². The van der Waals surface area contributed by atoms with E-state index in [2.05, 4.69) is 20.9 Å². The molecule has 0 spiro atoms. The summed E-state index contributed by atoms with van der Waals surface area (Å²) >= 11 is 4.86. The number of hydrogen-bond donors (Lipinski definition) is 1. The topological polar surface area (TPSA) is 50.2 Å². The van der Waals surface area contributed by atoms with Crippen LogP contribution in [-0.2, 0) is 0 Å². The zero-order valence-corrected chi connectivity index (χ0v) is 9.88. The average molecular weight is 284 g/mol.